The van der Waals surface area contributed by atoms with Crippen LogP contribution in [0.25, 0.3) is 44.2 Å². The molecule has 0 unspecified atom stereocenters. The van der Waals surface area contributed by atoms with Gasteiger partial charge in [0.2, 0.25) is 11.8 Å². The Balaban J connectivity index is 0.954. The van der Waals surface area contributed by atoms with E-state index < -0.39 is 24.3 Å². The van der Waals surface area contributed by atoms with Crippen LogP contribution in [0.15, 0.2) is 60.8 Å². The third-order valence-corrected chi connectivity index (χ3v) is 14.4. The first-order chi connectivity index (χ1) is 31.8. The number of hydrogen-bond acceptors (Lipinski definition) is 10. The number of amides is 4. The summed E-state index contributed by atoms with van der Waals surface area (Å²) in [5.41, 5.74) is 5.27. The molecule has 0 bridgehead atoms. The molecule has 4 aliphatic rings. The average molecular weight is 903 g/mol. The molecule has 2 spiro atoms. The Morgan fingerprint density at radius 3 is 1.79 bits per heavy atom. The number of aromatic nitrogens is 4. The van der Waals surface area contributed by atoms with Crippen LogP contribution in [0, 0.1) is 22.7 Å². The molecule has 6 atom stereocenters. The van der Waals surface area contributed by atoms with Gasteiger partial charge in [-0.3, -0.25) is 9.59 Å². The molecule has 0 aliphatic carbocycles. The first-order valence-electron chi connectivity index (χ1n) is 23.3. The van der Waals surface area contributed by atoms with E-state index in [0.717, 1.165) is 75.7 Å². The van der Waals surface area contributed by atoms with Crippen LogP contribution in [0.5, 0.6) is 0 Å². The van der Waals surface area contributed by atoms with E-state index >= 15 is 0 Å². The Morgan fingerprint density at radius 2 is 1.26 bits per heavy atom. The Labute approximate surface area is 384 Å². The molecule has 4 aliphatic heterocycles. The molecule has 16 nitrogen and oxygen atoms in total. The minimum atomic E-state index is -0.749. The van der Waals surface area contributed by atoms with Crippen molar-refractivity contribution < 1.29 is 38.1 Å². The molecular weight excluding hydrogens is 841 g/mol. The number of nitrogens with one attached hydrogen (secondary N) is 4. The fourth-order valence-electron chi connectivity index (χ4n) is 10.9. The molecule has 6 heterocycles. The monoisotopic (exact) mass is 902 g/mol. The minimum Gasteiger partial charge on any atom is -0.453 e. The average Bonchev–Trinajstić information content (AvgIpc) is 4.14. The summed E-state index contributed by atoms with van der Waals surface area (Å²) in [6.45, 7) is 11.3. The third kappa shape index (κ3) is 8.72. The lowest BCUT2D eigenvalue weighted by Crippen LogP contribution is -2.51. The number of carbonyl (C=O) groups excluding carboxylic acids is 4. The highest BCUT2D eigenvalue weighted by atomic mass is 16.5. The van der Waals surface area contributed by atoms with Crippen molar-refractivity contribution in [1.29, 1.82) is 0 Å². The molecule has 0 saturated carbocycles. The fourth-order valence-corrected chi connectivity index (χ4v) is 10.9. The zero-order chi connectivity index (χ0) is 46.3. The van der Waals surface area contributed by atoms with E-state index in [1.165, 1.54) is 14.2 Å². The summed E-state index contributed by atoms with van der Waals surface area (Å²) in [5, 5.41) is 7.58. The van der Waals surface area contributed by atoms with Gasteiger partial charge in [0.15, 0.2) is 0 Å². The maximum Gasteiger partial charge on any atom is 0.407 e. The number of H-pyrrole nitrogens is 2. The van der Waals surface area contributed by atoms with Crippen molar-refractivity contribution in [2.24, 2.45) is 22.7 Å². The number of fused-ring (bicyclic) bond motifs is 3. The largest absolute Gasteiger partial charge is 0.453 e. The summed E-state index contributed by atoms with van der Waals surface area (Å²) in [6, 6.07) is 16.8. The van der Waals surface area contributed by atoms with E-state index in [-0.39, 0.29) is 46.6 Å². The lowest BCUT2D eigenvalue weighted by Gasteiger charge is -2.33. The number of ether oxygens (including phenoxy) is 4. The lowest BCUT2D eigenvalue weighted by atomic mass is 9.80. The summed E-state index contributed by atoms with van der Waals surface area (Å²) in [4.78, 5) is 74.0. The first-order valence-corrected chi connectivity index (χ1v) is 23.3. The summed E-state index contributed by atoms with van der Waals surface area (Å²) in [5.74, 6) is 0.815. The van der Waals surface area contributed by atoms with Gasteiger partial charge in [-0.25, -0.2) is 19.6 Å². The van der Waals surface area contributed by atoms with Gasteiger partial charge < -0.3 is 49.3 Å². The molecule has 0 radical (unpaired) electrons. The molecule has 350 valence electrons. The van der Waals surface area contributed by atoms with Crippen LogP contribution >= 0.6 is 0 Å². The van der Waals surface area contributed by atoms with E-state index in [1.807, 2.05) is 49.8 Å². The molecule has 16 heteroatoms. The van der Waals surface area contributed by atoms with Crippen molar-refractivity contribution in [3.63, 3.8) is 0 Å². The zero-order valence-corrected chi connectivity index (χ0v) is 38.8. The Morgan fingerprint density at radius 1 is 0.712 bits per heavy atom. The predicted molar refractivity (Wildman–Crippen MR) is 248 cm³/mol. The van der Waals surface area contributed by atoms with Crippen LogP contribution in [-0.2, 0) is 28.5 Å². The van der Waals surface area contributed by atoms with E-state index in [2.05, 4.69) is 69.1 Å². The third-order valence-electron chi connectivity index (χ3n) is 14.4. The summed E-state index contributed by atoms with van der Waals surface area (Å²) >= 11 is 0. The van der Waals surface area contributed by atoms with Crippen LogP contribution in [0.4, 0.5) is 9.59 Å². The predicted octanol–water partition coefficient (Wildman–Crippen LogP) is 7.67. The number of carbonyl (C=O) groups is 4. The van der Waals surface area contributed by atoms with Crippen molar-refractivity contribution >= 4 is 45.8 Å². The molecule has 66 heavy (non-hydrogen) atoms. The number of methoxy groups -OCH3 is 2. The fraction of sp³-hybridized carbons (Fsp3) is 0.520. The van der Waals surface area contributed by atoms with E-state index in [9.17, 15) is 19.2 Å². The van der Waals surface area contributed by atoms with Crippen LogP contribution in [-0.4, -0.2) is 120 Å². The highest BCUT2D eigenvalue weighted by Crippen LogP contribution is 2.49. The molecule has 4 saturated heterocycles. The number of imidazole rings is 2. The van der Waals surface area contributed by atoms with E-state index in [0.29, 0.717) is 58.2 Å². The van der Waals surface area contributed by atoms with Crippen molar-refractivity contribution in [3.05, 3.63) is 72.4 Å². The van der Waals surface area contributed by atoms with Gasteiger partial charge in [0.25, 0.3) is 0 Å². The number of aromatic amines is 2. The van der Waals surface area contributed by atoms with Crippen molar-refractivity contribution in [2.45, 2.75) is 90.4 Å². The van der Waals surface area contributed by atoms with Crippen molar-refractivity contribution in [2.75, 3.05) is 53.7 Å². The Bertz CT molecular complexity index is 2590. The van der Waals surface area contributed by atoms with Gasteiger partial charge >= 0.3 is 12.2 Å². The molecule has 2 aromatic heterocycles. The quantitative estimate of drug-likeness (QED) is 0.108. The van der Waals surface area contributed by atoms with E-state index in [4.69, 9.17) is 28.9 Å². The van der Waals surface area contributed by atoms with Gasteiger partial charge in [-0.05, 0) is 84.6 Å². The number of likely N-dealkylation sites (tertiary alicyclic amines) is 2. The molecule has 4 N–H and O–H groups in total. The van der Waals surface area contributed by atoms with Gasteiger partial charge in [0.05, 0.1) is 62.4 Å². The topological polar surface area (TPSA) is 193 Å². The maximum absolute atomic E-state index is 14.3. The smallest absolute Gasteiger partial charge is 0.407 e. The number of hydrogen-bond donors (Lipinski definition) is 4. The lowest BCUT2D eigenvalue weighted by molar-refractivity contribution is -0.137. The molecule has 4 amide bonds. The van der Waals surface area contributed by atoms with Crippen LogP contribution in [0.3, 0.4) is 0 Å². The van der Waals surface area contributed by atoms with Gasteiger partial charge in [0, 0.05) is 42.5 Å². The van der Waals surface area contributed by atoms with Gasteiger partial charge in [-0.1, -0.05) is 70.2 Å². The minimum absolute atomic E-state index is 0.149. The normalized spacial score (nSPS) is 24.1. The number of rotatable bonds is 10. The molecule has 4 fully saturated rings. The van der Waals surface area contributed by atoms with Gasteiger partial charge in [-0.2, -0.15) is 0 Å². The van der Waals surface area contributed by atoms with Crippen molar-refractivity contribution in [1.82, 2.24) is 40.4 Å². The van der Waals surface area contributed by atoms with E-state index in [1.54, 1.807) is 0 Å². The number of benzene rings is 3. The van der Waals surface area contributed by atoms with Gasteiger partial charge in [0.1, 0.15) is 23.7 Å². The van der Waals surface area contributed by atoms with Crippen LogP contribution < -0.4 is 10.6 Å². The summed E-state index contributed by atoms with van der Waals surface area (Å²) < 4.78 is 21.7. The second-order valence-electron chi connectivity index (χ2n) is 19.7. The first kappa shape index (κ1) is 45.2. The second kappa shape index (κ2) is 18.4. The number of nitrogens with zero attached hydrogens (tertiary/aromatic N) is 4. The highest BCUT2D eigenvalue weighted by Gasteiger charge is 2.51. The maximum atomic E-state index is 14.3. The molecule has 9 rings (SSSR count). The molecule has 5 aromatic rings. The zero-order valence-electron chi connectivity index (χ0n) is 38.8. The molecular formula is C50H62N8O8. The second-order valence-corrected chi connectivity index (χ2v) is 19.7. The number of alkyl carbamates (subject to hydrolysis) is 2. The summed E-state index contributed by atoms with van der Waals surface area (Å²) in [6.07, 6.45) is 5.76. The summed E-state index contributed by atoms with van der Waals surface area (Å²) in [7, 11) is 2.60. The SMILES string of the molecule is COC(=O)N[C@H](C(=O)N1C[C@]2(CCCOC2)C[C@H]1c1ncc(-c2ccc(-c3ccc4c(ccc5[nH]c([C@@H]6C[C@@]7(CCCOC7)CN6C(=O)[C@@H](NC(=O)OC)C(C)C)nc54)c3)cc2)[nH]1)C(C)C. The Hall–Kier alpha value is -6.00. The van der Waals surface area contributed by atoms with Gasteiger partial charge in [-0.15, -0.1) is 0 Å². The Kier molecular flexibility index (Phi) is 12.6. The standard InChI is InChI=1S/C50H62N8O8/c1-29(2)40(55-47(61)63-5)45(59)57-25-49(17-7-19-65-27-49)22-38(57)43-51-24-37(53-43)32-11-9-31(10-12-32)33-13-15-35-34(21-33)14-16-36-42(35)54-44(52-36)39-23-50(18-8-20-66-28-50)26-58(39)46(60)41(30(3)4)56-48(62)64-6/h9-16,21,24,29-30,38-41H,7-8,17-20,22-23,25-28H2,1-6H3,(H,51,53)(H,52,54)(H,55,61)(H,56,62)/t38-,39-,40-,41-,49-,50-/m0/s1. The van der Waals surface area contributed by atoms with Crippen molar-refractivity contribution in [3.8, 4) is 22.4 Å². The van der Waals surface area contributed by atoms with Crippen LogP contribution in [0.2, 0.25) is 0 Å². The van der Waals surface area contributed by atoms with Crippen LogP contribution in [0.1, 0.15) is 90.0 Å². The highest BCUT2D eigenvalue weighted by molar-refractivity contribution is 6.05. The molecule has 3 aromatic carbocycles.